The molecule has 8 heteroatoms. The van der Waals surface area contributed by atoms with E-state index in [4.69, 9.17) is 0 Å². The summed E-state index contributed by atoms with van der Waals surface area (Å²) in [5.74, 6) is -0.433. The molecule has 1 amide bonds. The van der Waals surface area contributed by atoms with E-state index in [-0.39, 0.29) is 24.5 Å². The Hall–Kier alpha value is -2.41. The van der Waals surface area contributed by atoms with E-state index in [1.807, 2.05) is 0 Å². The number of nitrogens with one attached hydrogen (secondary N) is 1. The van der Waals surface area contributed by atoms with E-state index < -0.39 is 17.6 Å². The average molecular weight is 344 g/mol. The number of alkyl halides is 3. The molecular weight excluding hydrogens is 331 g/mol. The Balaban J connectivity index is 0.00000264. The van der Waals surface area contributed by atoms with Crippen LogP contribution in [0, 0.1) is 0 Å². The van der Waals surface area contributed by atoms with E-state index in [9.17, 15) is 18.0 Å². The minimum atomic E-state index is -4.47. The number of carbonyl (C=O) groups is 1. The molecule has 0 aliphatic rings. The summed E-state index contributed by atoms with van der Waals surface area (Å²) < 4.78 is 39.9. The Kier molecular flexibility index (Phi) is 6.71. The molecule has 0 atom stereocenters. The molecule has 0 spiro atoms. The first kappa shape index (κ1) is 18.6. The number of nitrogens with zero attached hydrogens (tertiary/aromatic N) is 2. The number of aromatic nitrogens is 1. The lowest BCUT2D eigenvalue weighted by Gasteiger charge is -2.08. The average Bonchev–Trinajstić information content (AvgIpc) is 2.48. The molecule has 0 fully saturated rings. The summed E-state index contributed by atoms with van der Waals surface area (Å²) in [6, 6.07) is 10.3. The Bertz CT molecular complexity index is 675. The van der Waals surface area contributed by atoms with Crippen LogP contribution in [0.25, 0.3) is 0 Å². The van der Waals surface area contributed by atoms with Gasteiger partial charge in [-0.15, -0.1) is 0 Å². The zero-order chi connectivity index (χ0) is 16.0. The molecule has 1 aromatic heterocycles. The molecule has 0 saturated heterocycles. The van der Waals surface area contributed by atoms with Crippen molar-refractivity contribution in [1.82, 2.24) is 5.43 Å². The highest BCUT2D eigenvalue weighted by Gasteiger charge is 2.32. The maximum atomic E-state index is 12.8. The fourth-order valence-electron chi connectivity index (χ4n) is 1.78. The third kappa shape index (κ3) is 5.71. The third-order valence-electron chi connectivity index (χ3n) is 2.76. The summed E-state index contributed by atoms with van der Waals surface area (Å²) >= 11 is 0. The second-order valence-electron chi connectivity index (χ2n) is 4.43. The van der Waals surface area contributed by atoms with Crippen molar-refractivity contribution in [1.29, 1.82) is 0 Å². The number of benzene rings is 1. The number of amides is 1. The molecule has 122 valence electrons. The Labute approximate surface area is 137 Å². The van der Waals surface area contributed by atoms with Gasteiger partial charge in [0.05, 0.1) is 11.8 Å². The lowest BCUT2D eigenvalue weighted by Crippen LogP contribution is -3.00. The highest BCUT2D eigenvalue weighted by Crippen LogP contribution is 2.30. The molecule has 1 heterocycles. The van der Waals surface area contributed by atoms with Gasteiger partial charge >= 0.3 is 12.1 Å². The van der Waals surface area contributed by atoms with Gasteiger partial charge < -0.3 is 12.4 Å². The first-order chi connectivity index (χ1) is 10.5. The Morgan fingerprint density at radius 3 is 2.43 bits per heavy atom. The molecule has 0 radical (unpaired) electrons. The molecule has 0 aliphatic carbocycles. The molecule has 0 saturated carbocycles. The molecule has 23 heavy (non-hydrogen) atoms. The predicted molar refractivity (Wildman–Crippen MR) is 73.8 cm³/mol. The topological polar surface area (TPSA) is 45.3 Å². The van der Waals surface area contributed by atoms with Crippen LogP contribution in [0.2, 0.25) is 0 Å². The van der Waals surface area contributed by atoms with Crippen LogP contribution in [0.1, 0.15) is 11.1 Å². The van der Waals surface area contributed by atoms with Crippen molar-refractivity contribution in [2.24, 2.45) is 5.10 Å². The third-order valence-corrected chi connectivity index (χ3v) is 2.76. The number of carbonyl (C=O) groups excluding carboxylic acids is 1. The zero-order valence-electron chi connectivity index (χ0n) is 11.8. The number of hydrogen-bond acceptors (Lipinski definition) is 2. The molecule has 1 aromatic carbocycles. The van der Waals surface area contributed by atoms with Crippen LogP contribution in [0.5, 0.6) is 0 Å². The second-order valence-corrected chi connectivity index (χ2v) is 4.43. The Morgan fingerprint density at radius 1 is 1.13 bits per heavy atom. The number of hydrazone groups is 1. The molecule has 0 unspecified atom stereocenters. The normalized spacial score (nSPS) is 11.1. The lowest BCUT2D eigenvalue weighted by molar-refractivity contribution is -0.684. The van der Waals surface area contributed by atoms with E-state index in [0.29, 0.717) is 0 Å². The first-order valence-corrected chi connectivity index (χ1v) is 6.39. The molecule has 2 rings (SSSR count). The second kappa shape index (κ2) is 8.28. The van der Waals surface area contributed by atoms with Crippen molar-refractivity contribution >= 4 is 12.1 Å². The number of halogens is 4. The van der Waals surface area contributed by atoms with E-state index >= 15 is 0 Å². The van der Waals surface area contributed by atoms with Crippen LogP contribution < -0.4 is 22.4 Å². The van der Waals surface area contributed by atoms with Gasteiger partial charge in [-0.05, 0) is 6.07 Å². The van der Waals surface area contributed by atoms with Crippen LogP contribution >= 0.6 is 0 Å². The summed E-state index contributed by atoms with van der Waals surface area (Å²) in [6.07, 6.45) is -0.0899. The van der Waals surface area contributed by atoms with Crippen LogP contribution in [-0.4, -0.2) is 12.1 Å². The summed E-state index contributed by atoms with van der Waals surface area (Å²) in [5.41, 5.74) is 1.29. The van der Waals surface area contributed by atoms with Gasteiger partial charge in [0.1, 0.15) is 0 Å². The van der Waals surface area contributed by atoms with E-state index in [2.05, 4.69) is 10.5 Å². The quantitative estimate of drug-likeness (QED) is 0.439. The van der Waals surface area contributed by atoms with Gasteiger partial charge in [-0.1, -0.05) is 24.3 Å². The zero-order valence-corrected chi connectivity index (χ0v) is 12.6. The molecule has 1 N–H and O–H groups in total. The maximum absolute atomic E-state index is 12.8. The monoisotopic (exact) mass is 343 g/mol. The van der Waals surface area contributed by atoms with Gasteiger partial charge in [-0.3, -0.25) is 4.79 Å². The first-order valence-electron chi connectivity index (χ1n) is 6.39. The maximum Gasteiger partial charge on any atom is 0.417 e. The van der Waals surface area contributed by atoms with E-state index in [1.165, 1.54) is 18.2 Å². The molecular formula is C15H13ClF3N3O. The van der Waals surface area contributed by atoms with Crippen molar-refractivity contribution < 1.29 is 34.9 Å². The molecule has 0 bridgehead atoms. The summed E-state index contributed by atoms with van der Waals surface area (Å²) in [4.78, 5) is 11.6. The van der Waals surface area contributed by atoms with Crippen LogP contribution in [0.3, 0.4) is 0 Å². The van der Waals surface area contributed by atoms with Gasteiger partial charge in [-0.25, -0.2) is 5.43 Å². The summed E-state index contributed by atoms with van der Waals surface area (Å²) in [5, 5.41) is 3.57. The highest BCUT2D eigenvalue weighted by atomic mass is 35.5. The predicted octanol–water partition coefficient (Wildman–Crippen LogP) is -0.853. The van der Waals surface area contributed by atoms with E-state index in [1.54, 1.807) is 35.2 Å². The minimum absolute atomic E-state index is 0. The van der Waals surface area contributed by atoms with Gasteiger partial charge in [0.15, 0.2) is 12.4 Å². The van der Waals surface area contributed by atoms with Crippen molar-refractivity contribution in [3.8, 4) is 0 Å². The van der Waals surface area contributed by atoms with Crippen molar-refractivity contribution in [2.75, 3.05) is 0 Å². The smallest absolute Gasteiger partial charge is 0.417 e. The molecule has 2 aromatic rings. The fraction of sp³-hybridized carbons (Fsp3) is 0.133. The SMILES string of the molecule is O=C(C[n+]1ccccc1)NN=Cc1ccccc1C(F)(F)F.[Cl-]. The fourth-order valence-corrected chi connectivity index (χ4v) is 1.78. The van der Waals surface area contributed by atoms with Crippen LogP contribution in [-0.2, 0) is 17.5 Å². The lowest BCUT2D eigenvalue weighted by atomic mass is 10.1. The molecule has 4 nitrogen and oxygen atoms in total. The van der Waals surface area contributed by atoms with E-state index in [0.717, 1.165) is 12.3 Å². The van der Waals surface area contributed by atoms with Gasteiger partial charge in [0.2, 0.25) is 6.54 Å². The number of rotatable bonds is 4. The minimum Gasteiger partial charge on any atom is -1.00 e. The van der Waals surface area contributed by atoms with Gasteiger partial charge in [-0.2, -0.15) is 22.8 Å². The standard InChI is InChI=1S/C15H12F3N3O.ClH/c16-15(17,18)13-7-3-2-6-12(13)10-19-20-14(22)11-21-8-4-1-5-9-21;/h1-10H,11H2;1H. The molecule has 0 aliphatic heterocycles. The Morgan fingerprint density at radius 2 is 1.78 bits per heavy atom. The summed E-state index contributed by atoms with van der Waals surface area (Å²) in [6.45, 7) is 0.0269. The van der Waals surface area contributed by atoms with Crippen LogP contribution in [0.15, 0.2) is 60.0 Å². The van der Waals surface area contributed by atoms with Crippen LogP contribution in [0.4, 0.5) is 13.2 Å². The van der Waals surface area contributed by atoms with Crippen molar-refractivity contribution in [2.45, 2.75) is 12.7 Å². The highest BCUT2D eigenvalue weighted by molar-refractivity contribution is 5.83. The number of hydrogen-bond donors (Lipinski definition) is 1. The van der Waals surface area contributed by atoms with Gasteiger partial charge in [0, 0.05) is 17.7 Å². The number of pyridine rings is 1. The van der Waals surface area contributed by atoms with Crippen molar-refractivity contribution in [3.63, 3.8) is 0 Å². The largest absolute Gasteiger partial charge is 1.00 e. The van der Waals surface area contributed by atoms with Crippen molar-refractivity contribution in [3.05, 3.63) is 66.0 Å². The summed E-state index contributed by atoms with van der Waals surface area (Å²) in [7, 11) is 0. The van der Waals surface area contributed by atoms with Gasteiger partial charge in [0.25, 0.3) is 0 Å².